The summed E-state index contributed by atoms with van der Waals surface area (Å²) in [5.41, 5.74) is 13.1. The number of para-hydroxylation sites is 1. The molecule has 13 rings (SSSR count). The maximum atomic E-state index is 6.66. The van der Waals surface area contributed by atoms with Crippen LogP contribution < -0.4 is 0 Å². The third-order valence-corrected chi connectivity index (χ3v) is 13.2. The summed E-state index contributed by atoms with van der Waals surface area (Å²) in [6, 6.07) is 80.0. The van der Waals surface area contributed by atoms with Crippen molar-refractivity contribution in [3.05, 3.63) is 247 Å². The fraction of sp³-hybridized carbons (Fsp3) is 0.0167. The van der Waals surface area contributed by atoms with E-state index in [1.807, 2.05) is 12.1 Å². The number of fused-ring (bicyclic) bond motifs is 8. The quantitative estimate of drug-likeness (QED) is 0.168. The SMILES string of the molecule is c1ccc(C2(c3ccccc3)c3ccccc3-c3ccc(-c4nc(-c5ccc6ccccc6c5)nc(-c5cc(-c6ccc7ccccc7c6)cc6oc7ccccc7c56)n4)cc32)cc1. The highest BCUT2D eigenvalue weighted by Crippen LogP contribution is 2.56. The van der Waals surface area contributed by atoms with Gasteiger partial charge in [-0.25, -0.2) is 15.0 Å². The maximum Gasteiger partial charge on any atom is 0.164 e. The highest BCUT2D eigenvalue weighted by Gasteiger charge is 2.46. The highest BCUT2D eigenvalue weighted by atomic mass is 16.3. The molecule has 0 N–H and O–H groups in total. The van der Waals surface area contributed by atoms with Crippen molar-refractivity contribution in [3.8, 4) is 56.4 Å². The van der Waals surface area contributed by atoms with Crippen molar-refractivity contribution in [3.63, 3.8) is 0 Å². The summed E-state index contributed by atoms with van der Waals surface area (Å²) in [5.74, 6) is 1.77. The molecular weight excluding hydrogens is 779 g/mol. The van der Waals surface area contributed by atoms with Gasteiger partial charge in [-0.2, -0.15) is 0 Å². The van der Waals surface area contributed by atoms with Crippen molar-refractivity contribution in [2.75, 3.05) is 0 Å². The fourth-order valence-electron chi connectivity index (χ4n) is 10.2. The first-order valence-electron chi connectivity index (χ1n) is 21.7. The van der Waals surface area contributed by atoms with Gasteiger partial charge in [-0.3, -0.25) is 0 Å². The Kier molecular flexibility index (Phi) is 8.09. The Labute approximate surface area is 369 Å². The minimum absolute atomic E-state index is 0.572. The summed E-state index contributed by atoms with van der Waals surface area (Å²) >= 11 is 0. The first-order chi connectivity index (χ1) is 31.7. The van der Waals surface area contributed by atoms with E-state index in [4.69, 9.17) is 19.4 Å². The molecule has 2 heterocycles. The van der Waals surface area contributed by atoms with Crippen LogP contribution in [-0.4, -0.2) is 15.0 Å². The largest absolute Gasteiger partial charge is 0.456 e. The molecule has 0 saturated carbocycles. The molecule has 0 amide bonds. The lowest BCUT2D eigenvalue weighted by molar-refractivity contribution is 0.669. The van der Waals surface area contributed by atoms with Gasteiger partial charge in [0.25, 0.3) is 0 Å². The van der Waals surface area contributed by atoms with Crippen LogP contribution in [0.2, 0.25) is 0 Å². The summed E-state index contributed by atoms with van der Waals surface area (Å²) in [4.78, 5) is 16.3. The average Bonchev–Trinajstić information content (AvgIpc) is 3.90. The fourth-order valence-corrected chi connectivity index (χ4v) is 10.2. The number of aromatic nitrogens is 3. The van der Waals surface area contributed by atoms with Crippen LogP contribution >= 0.6 is 0 Å². The Hall–Kier alpha value is -8.47. The first-order valence-corrected chi connectivity index (χ1v) is 21.7. The van der Waals surface area contributed by atoms with Crippen LogP contribution in [0.1, 0.15) is 22.3 Å². The lowest BCUT2D eigenvalue weighted by atomic mass is 9.67. The second-order valence-electron chi connectivity index (χ2n) is 16.7. The predicted molar refractivity (Wildman–Crippen MR) is 261 cm³/mol. The normalized spacial score (nSPS) is 12.8. The van der Waals surface area contributed by atoms with E-state index in [0.29, 0.717) is 17.5 Å². The van der Waals surface area contributed by atoms with Crippen LogP contribution in [0.3, 0.4) is 0 Å². The molecule has 10 aromatic carbocycles. The van der Waals surface area contributed by atoms with Crippen LogP contribution in [0.4, 0.5) is 0 Å². The summed E-state index contributed by atoms with van der Waals surface area (Å²) in [5, 5.41) is 6.63. The molecule has 298 valence electrons. The molecule has 0 aliphatic heterocycles. The topological polar surface area (TPSA) is 51.8 Å². The monoisotopic (exact) mass is 815 g/mol. The number of benzene rings is 10. The van der Waals surface area contributed by atoms with Crippen LogP contribution in [0.15, 0.2) is 229 Å². The molecule has 0 fully saturated rings. The van der Waals surface area contributed by atoms with Gasteiger partial charge < -0.3 is 4.42 Å². The van der Waals surface area contributed by atoms with Crippen LogP contribution in [0.5, 0.6) is 0 Å². The molecule has 0 unspecified atom stereocenters. The van der Waals surface area contributed by atoms with E-state index in [1.54, 1.807) is 0 Å². The smallest absolute Gasteiger partial charge is 0.164 e. The third kappa shape index (κ3) is 5.59. The van der Waals surface area contributed by atoms with Crippen molar-refractivity contribution in [2.24, 2.45) is 0 Å². The molecule has 2 aromatic heterocycles. The lowest BCUT2D eigenvalue weighted by Gasteiger charge is -2.34. The van der Waals surface area contributed by atoms with E-state index in [0.717, 1.165) is 60.5 Å². The molecule has 0 radical (unpaired) electrons. The molecule has 1 aliphatic rings. The van der Waals surface area contributed by atoms with Crippen molar-refractivity contribution in [2.45, 2.75) is 5.41 Å². The minimum atomic E-state index is -0.572. The first kappa shape index (κ1) is 36.2. The van der Waals surface area contributed by atoms with E-state index in [9.17, 15) is 0 Å². The highest BCUT2D eigenvalue weighted by molar-refractivity contribution is 6.13. The van der Waals surface area contributed by atoms with E-state index in [1.165, 1.54) is 44.2 Å². The second-order valence-corrected chi connectivity index (χ2v) is 16.7. The Morgan fingerprint density at radius 1 is 0.312 bits per heavy atom. The number of nitrogens with zero attached hydrogens (tertiary/aromatic N) is 3. The van der Waals surface area contributed by atoms with Crippen molar-refractivity contribution in [1.82, 2.24) is 15.0 Å². The molecule has 0 saturated heterocycles. The van der Waals surface area contributed by atoms with Gasteiger partial charge in [0.15, 0.2) is 17.5 Å². The molecule has 1 aliphatic carbocycles. The number of hydrogen-bond acceptors (Lipinski definition) is 4. The van der Waals surface area contributed by atoms with E-state index >= 15 is 0 Å². The molecule has 0 bridgehead atoms. The summed E-state index contributed by atoms with van der Waals surface area (Å²) in [7, 11) is 0. The van der Waals surface area contributed by atoms with E-state index in [2.05, 4.69) is 212 Å². The van der Waals surface area contributed by atoms with E-state index < -0.39 is 5.41 Å². The zero-order valence-corrected chi connectivity index (χ0v) is 34.6. The van der Waals surface area contributed by atoms with Crippen molar-refractivity contribution < 1.29 is 4.42 Å². The van der Waals surface area contributed by atoms with Gasteiger partial charge in [0.05, 0.1) is 5.41 Å². The van der Waals surface area contributed by atoms with Crippen molar-refractivity contribution >= 4 is 43.5 Å². The van der Waals surface area contributed by atoms with Gasteiger partial charge >= 0.3 is 0 Å². The van der Waals surface area contributed by atoms with Gasteiger partial charge in [-0.05, 0) is 102 Å². The molecule has 4 heteroatoms. The van der Waals surface area contributed by atoms with Gasteiger partial charge in [0.2, 0.25) is 0 Å². The summed E-state index contributed by atoms with van der Waals surface area (Å²) in [6.45, 7) is 0. The van der Waals surface area contributed by atoms with Crippen molar-refractivity contribution in [1.29, 1.82) is 0 Å². The number of hydrogen-bond donors (Lipinski definition) is 0. The Morgan fingerprint density at radius 3 is 1.56 bits per heavy atom. The molecule has 12 aromatic rings. The molecule has 64 heavy (non-hydrogen) atoms. The number of rotatable bonds is 6. The zero-order valence-electron chi connectivity index (χ0n) is 34.6. The average molecular weight is 816 g/mol. The third-order valence-electron chi connectivity index (χ3n) is 13.2. The summed E-state index contributed by atoms with van der Waals surface area (Å²) < 4.78 is 6.66. The van der Waals surface area contributed by atoms with Crippen LogP contribution in [0.25, 0.3) is 99.9 Å². The van der Waals surface area contributed by atoms with Gasteiger partial charge in [0.1, 0.15) is 11.2 Å². The van der Waals surface area contributed by atoms with Crippen LogP contribution in [-0.2, 0) is 5.41 Å². The van der Waals surface area contributed by atoms with Gasteiger partial charge in [0, 0.05) is 27.5 Å². The Bertz CT molecular complexity index is 3760. The Balaban J connectivity index is 1.09. The standard InChI is InChI=1S/C60H37N3O/c1-3-19-46(20-4-1)60(47-21-5-2-6-22-47)52-25-13-11-23-48(52)49-32-31-44(36-53(49)60)58-61-57(43-30-28-39-16-8-10-18-41(39)34-43)62-59(63-58)51-35-45(42-29-27-38-15-7-9-17-40(38)33-42)37-55-56(51)50-24-12-14-26-54(50)64-55/h1-37H. The lowest BCUT2D eigenvalue weighted by Crippen LogP contribution is -2.28. The molecule has 4 nitrogen and oxygen atoms in total. The maximum absolute atomic E-state index is 6.66. The molecule has 0 atom stereocenters. The number of furan rings is 1. The predicted octanol–water partition coefficient (Wildman–Crippen LogP) is 15.1. The van der Waals surface area contributed by atoms with Gasteiger partial charge in [-0.1, -0.05) is 188 Å². The zero-order chi connectivity index (χ0) is 42.2. The van der Waals surface area contributed by atoms with E-state index in [-0.39, 0.29) is 0 Å². The van der Waals surface area contributed by atoms with Crippen LogP contribution in [0, 0.1) is 0 Å². The molecular formula is C60H37N3O. The Morgan fingerprint density at radius 2 is 0.844 bits per heavy atom. The van der Waals surface area contributed by atoms with Gasteiger partial charge in [-0.15, -0.1) is 0 Å². The molecule has 0 spiro atoms. The summed E-state index contributed by atoms with van der Waals surface area (Å²) in [6.07, 6.45) is 0. The second kappa shape index (κ2) is 14.3. The minimum Gasteiger partial charge on any atom is -0.456 e.